The van der Waals surface area contributed by atoms with Crippen molar-refractivity contribution in [2.45, 2.75) is 52.4 Å². The third-order valence-corrected chi connectivity index (χ3v) is 5.31. The van der Waals surface area contributed by atoms with E-state index in [0.29, 0.717) is 11.8 Å². The second kappa shape index (κ2) is 4.97. The third kappa shape index (κ3) is 2.05. The van der Waals surface area contributed by atoms with Crippen LogP contribution in [0.5, 0.6) is 0 Å². The first-order valence-corrected chi connectivity index (χ1v) is 7.47. The normalized spacial score (nSPS) is 17.9. The Morgan fingerprint density at radius 2 is 1.84 bits per heavy atom. The van der Waals surface area contributed by atoms with Gasteiger partial charge >= 0.3 is 0 Å². The Bertz CT molecular complexity index is 486. The molecular formula is C16H23ClFN. The molecule has 0 heterocycles. The van der Waals surface area contributed by atoms with Crippen LogP contribution in [0.2, 0.25) is 5.02 Å². The average molecular weight is 284 g/mol. The van der Waals surface area contributed by atoms with E-state index in [9.17, 15) is 4.39 Å². The van der Waals surface area contributed by atoms with Crippen molar-refractivity contribution in [3.63, 3.8) is 0 Å². The highest BCUT2D eigenvalue weighted by Gasteiger charge is 2.43. The second-order valence-corrected chi connectivity index (χ2v) is 6.70. The van der Waals surface area contributed by atoms with Gasteiger partial charge in [-0.3, -0.25) is 0 Å². The van der Waals surface area contributed by atoms with E-state index >= 15 is 0 Å². The first-order chi connectivity index (χ1) is 8.82. The highest BCUT2D eigenvalue weighted by molar-refractivity contribution is 6.32. The van der Waals surface area contributed by atoms with Crippen LogP contribution >= 0.6 is 11.6 Å². The van der Waals surface area contributed by atoms with Crippen LogP contribution < -0.4 is 5.73 Å². The molecule has 106 valence electrons. The molecule has 2 rings (SSSR count). The first kappa shape index (κ1) is 14.6. The molecule has 1 aromatic rings. The van der Waals surface area contributed by atoms with Crippen LogP contribution in [-0.2, 0) is 11.8 Å². The summed E-state index contributed by atoms with van der Waals surface area (Å²) in [5.74, 6) is 0.503. The Kier molecular flexibility index (Phi) is 3.83. The number of fused-ring (bicyclic) bond motifs is 1. The minimum absolute atomic E-state index is 0.0546. The first-order valence-electron chi connectivity index (χ1n) is 7.09. The van der Waals surface area contributed by atoms with Crippen LogP contribution in [0.15, 0.2) is 6.07 Å². The van der Waals surface area contributed by atoms with E-state index < -0.39 is 5.82 Å². The molecule has 1 aromatic carbocycles. The van der Waals surface area contributed by atoms with Gasteiger partial charge in [0.05, 0.1) is 10.7 Å². The molecule has 0 atom stereocenters. The maximum Gasteiger partial charge on any atom is 0.164 e. The summed E-state index contributed by atoms with van der Waals surface area (Å²) in [6, 6.07) is 1.83. The Balaban J connectivity index is 2.74. The molecular weight excluding hydrogens is 261 g/mol. The van der Waals surface area contributed by atoms with E-state index in [-0.39, 0.29) is 16.1 Å². The van der Waals surface area contributed by atoms with Crippen LogP contribution in [0.3, 0.4) is 0 Å². The zero-order valence-electron chi connectivity index (χ0n) is 12.2. The van der Waals surface area contributed by atoms with Gasteiger partial charge in [-0.15, -0.1) is 0 Å². The van der Waals surface area contributed by atoms with Gasteiger partial charge in [0.1, 0.15) is 0 Å². The molecule has 1 aliphatic rings. The van der Waals surface area contributed by atoms with Crippen LogP contribution in [0.25, 0.3) is 0 Å². The summed E-state index contributed by atoms with van der Waals surface area (Å²) in [5.41, 5.74) is 8.19. The van der Waals surface area contributed by atoms with E-state index in [4.69, 9.17) is 17.3 Å². The van der Waals surface area contributed by atoms with E-state index in [0.717, 1.165) is 24.8 Å². The molecule has 2 N–H and O–H groups in total. The summed E-state index contributed by atoms with van der Waals surface area (Å²) in [7, 11) is 0. The lowest BCUT2D eigenvalue weighted by atomic mass is 9.58. The SMILES string of the molecule is CC(C)C1(C(C)C)CCCc2c1cc(N)c(F)c2Cl. The van der Waals surface area contributed by atoms with Crippen molar-refractivity contribution >= 4 is 17.3 Å². The minimum atomic E-state index is -0.455. The van der Waals surface area contributed by atoms with Crippen molar-refractivity contribution in [3.8, 4) is 0 Å². The van der Waals surface area contributed by atoms with Crippen LogP contribution in [0, 0.1) is 17.7 Å². The number of nitrogens with two attached hydrogens (primary N) is 1. The van der Waals surface area contributed by atoms with E-state index in [1.54, 1.807) is 0 Å². The fourth-order valence-electron chi connectivity index (χ4n) is 3.90. The number of nitrogen functional groups attached to an aromatic ring is 1. The van der Waals surface area contributed by atoms with Crippen LogP contribution in [0.4, 0.5) is 10.1 Å². The predicted octanol–water partition coefficient (Wildman–Crippen LogP) is 4.95. The van der Waals surface area contributed by atoms with Gasteiger partial charge in [0.2, 0.25) is 0 Å². The van der Waals surface area contributed by atoms with Gasteiger partial charge in [0.15, 0.2) is 5.82 Å². The lowest BCUT2D eigenvalue weighted by Crippen LogP contribution is -2.41. The molecule has 0 saturated carbocycles. The lowest BCUT2D eigenvalue weighted by molar-refractivity contribution is 0.186. The molecule has 0 fully saturated rings. The van der Waals surface area contributed by atoms with Gasteiger partial charge in [0, 0.05) is 5.41 Å². The highest BCUT2D eigenvalue weighted by atomic mass is 35.5. The van der Waals surface area contributed by atoms with Gasteiger partial charge < -0.3 is 5.73 Å². The Hall–Kier alpha value is -0.760. The number of rotatable bonds is 2. The molecule has 0 spiro atoms. The van der Waals surface area contributed by atoms with Gasteiger partial charge in [-0.25, -0.2) is 4.39 Å². The minimum Gasteiger partial charge on any atom is -0.396 e. The summed E-state index contributed by atoms with van der Waals surface area (Å²) < 4.78 is 13.9. The number of halogens is 2. The predicted molar refractivity (Wildman–Crippen MR) is 80.1 cm³/mol. The zero-order chi connectivity index (χ0) is 14.4. The molecule has 1 aliphatic carbocycles. The molecule has 0 saturated heterocycles. The summed E-state index contributed by atoms with van der Waals surface area (Å²) in [4.78, 5) is 0. The molecule has 1 nitrogen and oxygen atoms in total. The van der Waals surface area contributed by atoms with E-state index in [1.807, 2.05) is 6.07 Å². The third-order valence-electron chi connectivity index (χ3n) is 4.92. The summed E-state index contributed by atoms with van der Waals surface area (Å²) in [6.45, 7) is 8.95. The standard InChI is InChI=1S/C16H23ClFN/c1-9(2)16(10(3)4)7-5-6-11-12(16)8-13(19)15(18)14(11)17/h8-10H,5-7,19H2,1-4H3. The van der Waals surface area contributed by atoms with Gasteiger partial charge in [-0.05, 0) is 48.3 Å². The van der Waals surface area contributed by atoms with Crippen LogP contribution in [-0.4, -0.2) is 0 Å². The van der Waals surface area contributed by atoms with Gasteiger partial charge in [-0.2, -0.15) is 0 Å². The molecule has 0 bridgehead atoms. The maximum atomic E-state index is 13.9. The summed E-state index contributed by atoms with van der Waals surface area (Å²) in [5, 5.41) is 0.236. The number of hydrogen-bond acceptors (Lipinski definition) is 1. The summed E-state index contributed by atoms with van der Waals surface area (Å²) in [6.07, 6.45) is 3.04. The molecule has 0 aliphatic heterocycles. The molecule has 3 heteroatoms. The molecule has 0 amide bonds. The van der Waals surface area contributed by atoms with Gasteiger partial charge in [-0.1, -0.05) is 39.3 Å². The van der Waals surface area contributed by atoms with E-state index in [1.165, 1.54) is 5.56 Å². The van der Waals surface area contributed by atoms with Crippen molar-refractivity contribution in [2.24, 2.45) is 11.8 Å². The molecule has 0 radical (unpaired) electrons. The number of anilines is 1. The van der Waals surface area contributed by atoms with Gasteiger partial charge in [0.25, 0.3) is 0 Å². The fourth-order valence-corrected chi connectivity index (χ4v) is 4.21. The molecule has 0 unspecified atom stereocenters. The number of benzene rings is 1. The zero-order valence-corrected chi connectivity index (χ0v) is 12.9. The monoisotopic (exact) mass is 283 g/mol. The largest absolute Gasteiger partial charge is 0.396 e. The van der Waals surface area contributed by atoms with Crippen molar-refractivity contribution in [1.29, 1.82) is 0 Å². The van der Waals surface area contributed by atoms with E-state index in [2.05, 4.69) is 27.7 Å². The lowest BCUT2D eigenvalue weighted by Gasteiger charge is -2.46. The maximum absolute atomic E-state index is 13.9. The van der Waals surface area contributed by atoms with Crippen LogP contribution in [0.1, 0.15) is 51.7 Å². The molecule has 0 aromatic heterocycles. The quantitative estimate of drug-likeness (QED) is 0.764. The smallest absolute Gasteiger partial charge is 0.164 e. The van der Waals surface area contributed by atoms with Crippen molar-refractivity contribution in [2.75, 3.05) is 5.73 Å². The van der Waals surface area contributed by atoms with Crippen molar-refractivity contribution in [3.05, 3.63) is 28.0 Å². The Morgan fingerprint density at radius 3 is 2.37 bits per heavy atom. The number of hydrogen-bond donors (Lipinski definition) is 1. The Morgan fingerprint density at radius 1 is 1.26 bits per heavy atom. The molecule has 19 heavy (non-hydrogen) atoms. The second-order valence-electron chi connectivity index (χ2n) is 6.32. The van der Waals surface area contributed by atoms with Crippen molar-refractivity contribution in [1.82, 2.24) is 0 Å². The fraction of sp³-hybridized carbons (Fsp3) is 0.625. The summed E-state index contributed by atoms with van der Waals surface area (Å²) >= 11 is 6.20. The highest BCUT2D eigenvalue weighted by Crippen LogP contribution is 2.50. The Labute approximate surface area is 120 Å². The van der Waals surface area contributed by atoms with Crippen molar-refractivity contribution < 1.29 is 4.39 Å². The topological polar surface area (TPSA) is 26.0 Å². The average Bonchev–Trinajstić information content (AvgIpc) is 2.35.